The van der Waals surface area contributed by atoms with Crippen LogP contribution in [0, 0.1) is 0 Å². The molecule has 1 atom stereocenters. The Kier molecular flexibility index (Phi) is 4.80. The van der Waals surface area contributed by atoms with Gasteiger partial charge in [-0.25, -0.2) is 0 Å². The summed E-state index contributed by atoms with van der Waals surface area (Å²) in [7, 11) is 0. The molecule has 0 radical (unpaired) electrons. The predicted octanol–water partition coefficient (Wildman–Crippen LogP) is 1.29. The summed E-state index contributed by atoms with van der Waals surface area (Å²) in [6, 6.07) is 0.437. The maximum atomic E-state index is 12.3. The zero-order chi connectivity index (χ0) is 12.1. The minimum Gasteiger partial charge on any atom is -0.378 e. The molecule has 1 aliphatic heterocycles. The average molecular weight is 240 g/mol. The third-order valence-corrected chi connectivity index (χ3v) is 3.88. The van der Waals surface area contributed by atoms with Gasteiger partial charge in [0.2, 0.25) is 5.91 Å². The number of carbonyl (C=O) groups is 1. The lowest BCUT2D eigenvalue weighted by atomic mass is 10.1. The maximum Gasteiger partial charge on any atom is 0.225 e. The van der Waals surface area contributed by atoms with E-state index in [4.69, 9.17) is 10.5 Å². The monoisotopic (exact) mass is 240 g/mol. The van der Waals surface area contributed by atoms with E-state index in [1.165, 1.54) is 12.8 Å². The third-order valence-electron chi connectivity index (χ3n) is 3.88. The summed E-state index contributed by atoms with van der Waals surface area (Å²) in [4.78, 5) is 14.3. The zero-order valence-corrected chi connectivity index (χ0v) is 10.6. The van der Waals surface area contributed by atoms with Gasteiger partial charge in [-0.05, 0) is 25.7 Å². The fraction of sp³-hybridized carbons (Fsp3) is 0.923. The van der Waals surface area contributed by atoms with Crippen LogP contribution < -0.4 is 5.73 Å². The lowest BCUT2D eigenvalue weighted by Gasteiger charge is -2.29. The summed E-state index contributed by atoms with van der Waals surface area (Å²) < 4.78 is 5.54. The van der Waals surface area contributed by atoms with Gasteiger partial charge in [0.1, 0.15) is 0 Å². The van der Waals surface area contributed by atoms with E-state index in [2.05, 4.69) is 0 Å². The standard InChI is InChI=1S/C13H24N2O2/c14-7-8-15(11-4-1-2-5-11)13(16)10-12-6-3-9-17-12/h11-12H,1-10,14H2. The molecule has 1 heterocycles. The molecule has 1 aliphatic carbocycles. The molecule has 4 heteroatoms. The Morgan fingerprint density at radius 1 is 1.24 bits per heavy atom. The molecule has 0 spiro atoms. The molecule has 0 aromatic carbocycles. The molecule has 2 fully saturated rings. The van der Waals surface area contributed by atoms with Crippen molar-refractivity contribution in [3.05, 3.63) is 0 Å². The minimum atomic E-state index is 0.157. The van der Waals surface area contributed by atoms with Crippen LogP contribution in [0.25, 0.3) is 0 Å². The summed E-state index contributed by atoms with van der Waals surface area (Å²) in [5.41, 5.74) is 5.62. The van der Waals surface area contributed by atoms with Crippen LogP contribution in [0.15, 0.2) is 0 Å². The number of nitrogens with zero attached hydrogens (tertiary/aromatic N) is 1. The summed E-state index contributed by atoms with van der Waals surface area (Å²) in [6.45, 7) is 2.09. The van der Waals surface area contributed by atoms with E-state index in [0.29, 0.717) is 25.6 Å². The number of amides is 1. The van der Waals surface area contributed by atoms with Gasteiger partial charge >= 0.3 is 0 Å². The number of hydrogen-bond acceptors (Lipinski definition) is 3. The summed E-state index contributed by atoms with van der Waals surface area (Å²) in [5.74, 6) is 0.245. The van der Waals surface area contributed by atoms with Crippen molar-refractivity contribution in [1.29, 1.82) is 0 Å². The number of nitrogens with two attached hydrogens (primary N) is 1. The van der Waals surface area contributed by atoms with Crippen LogP contribution in [-0.2, 0) is 9.53 Å². The van der Waals surface area contributed by atoms with Crippen LogP contribution in [0.2, 0.25) is 0 Å². The van der Waals surface area contributed by atoms with Crippen molar-refractivity contribution in [3.63, 3.8) is 0 Å². The van der Waals surface area contributed by atoms with Gasteiger partial charge in [0, 0.05) is 25.7 Å². The molecule has 0 bridgehead atoms. The Hall–Kier alpha value is -0.610. The number of carbonyl (C=O) groups excluding carboxylic acids is 1. The predicted molar refractivity (Wildman–Crippen MR) is 66.6 cm³/mol. The van der Waals surface area contributed by atoms with Crippen molar-refractivity contribution in [3.8, 4) is 0 Å². The Bertz CT molecular complexity index is 246. The summed E-state index contributed by atoms with van der Waals surface area (Å²) >= 11 is 0. The van der Waals surface area contributed by atoms with Crippen LogP contribution in [0.4, 0.5) is 0 Å². The fourth-order valence-electron chi connectivity index (χ4n) is 2.98. The van der Waals surface area contributed by atoms with Crippen molar-refractivity contribution in [2.45, 2.75) is 57.1 Å². The molecule has 98 valence electrons. The summed E-state index contributed by atoms with van der Waals surface area (Å²) in [5, 5.41) is 0. The molecule has 1 saturated carbocycles. The van der Waals surface area contributed by atoms with E-state index >= 15 is 0 Å². The van der Waals surface area contributed by atoms with Gasteiger partial charge in [0.15, 0.2) is 0 Å². The summed E-state index contributed by atoms with van der Waals surface area (Å²) in [6.07, 6.45) is 7.64. The van der Waals surface area contributed by atoms with E-state index in [-0.39, 0.29) is 12.0 Å². The van der Waals surface area contributed by atoms with Gasteiger partial charge in [-0.1, -0.05) is 12.8 Å². The molecule has 1 saturated heterocycles. The minimum absolute atomic E-state index is 0.157. The lowest BCUT2D eigenvalue weighted by molar-refractivity contribution is -0.135. The molecule has 2 N–H and O–H groups in total. The average Bonchev–Trinajstić information content (AvgIpc) is 2.97. The van der Waals surface area contributed by atoms with Crippen molar-refractivity contribution in [2.24, 2.45) is 5.73 Å². The highest BCUT2D eigenvalue weighted by Gasteiger charge is 2.28. The molecular formula is C13H24N2O2. The number of ether oxygens (including phenoxy) is 1. The van der Waals surface area contributed by atoms with Crippen molar-refractivity contribution < 1.29 is 9.53 Å². The van der Waals surface area contributed by atoms with E-state index in [1.54, 1.807) is 0 Å². The third kappa shape index (κ3) is 3.42. The highest BCUT2D eigenvalue weighted by Crippen LogP contribution is 2.25. The Morgan fingerprint density at radius 3 is 2.59 bits per heavy atom. The van der Waals surface area contributed by atoms with E-state index in [1.807, 2.05) is 4.90 Å². The lowest BCUT2D eigenvalue weighted by Crippen LogP contribution is -2.43. The van der Waals surface area contributed by atoms with Crippen LogP contribution in [0.5, 0.6) is 0 Å². The van der Waals surface area contributed by atoms with Gasteiger partial charge in [-0.3, -0.25) is 4.79 Å². The van der Waals surface area contributed by atoms with Gasteiger partial charge in [0.05, 0.1) is 12.5 Å². The number of rotatable bonds is 5. The first-order valence-electron chi connectivity index (χ1n) is 6.92. The first kappa shape index (κ1) is 12.8. The molecule has 2 aliphatic rings. The van der Waals surface area contributed by atoms with Crippen LogP contribution in [-0.4, -0.2) is 42.6 Å². The molecule has 0 aromatic rings. The maximum absolute atomic E-state index is 12.3. The number of hydrogen-bond donors (Lipinski definition) is 1. The normalized spacial score (nSPS) is 25.4. The Labute approximate surface area is 103 Å². The van der Waals surface area contributed by atoms with Gasteiger partial charge in [-0.15, -0.1) is 0 Å². The topological polar surface area (TPSA) is 55.6 Å². The first-order valence-corrected chi connectivity index (χ1v) is 6.92. The quantitative estimate of drug-likeness (QED) is 0.787. The van der Waals surface area contributed by atoms with E-state index in [0.717, 1.165) is 32.3 Å². The first-order chi connectivity index (χ1) is 8.31. The Morgan fingerprint density at radius 2 is 2.00 bits per heavy atom. The van der Waals surface area contributed by atoms with Gasteiger partial charge in [-0.2, -0.15) is 0 Å². The van der Waals surface area contributed by atoms with Crippen LogP contribution in [0.1, 0.15) is 44.9 Å². The molecule has 0 aromatic heterocycles. The molecule has 4 nitrogen and oxygen atoms in total. The van der Waals surface area contributed by atoms with Gasteiger partial charge < -0.3 is 15.4 Å². The second-order valence-corrected chi connectivity index (χ2v) is 5.15. The molecular weight excluding hydrogens is 216 g/mol. The van der Waals surface area contributed by atoms with E-state index in [9.17, 15) is 4.79 Å². The highest BCUT2D eigenvalue weighted by atomic mass is 16.5. The van der Waals surface area contributed by atoms with Crippen LogP contribution in [0.3, 0.4) is 0 Å². The van der Waals surface area contributed by atoms with Gasteiger partial charge in [0.25, 0.3) is 0 Å². The second-order valence-electron chi connectivity index (χ2n) is 5.15. The molecule has 1 amide bonds. The Balaban J connectivity index is 1.86. The smallest absolute Gasteiger partial charge is 0.225 e. The zero-order valence-electron chi connectivity index (χ0n) is 10.6. The highest BCUT2D eigenvalue weighted by molar-refractivity contribution is 5.77. The van der Waals surface area contributed by atoms with Crippen molar-refractivity contribution in [1.82, 2.24) is 4.90 Å². The fourth-order valence-corrected chi connectivity index (χ4v) is 2.98. The molecule has 1 unspecified atom stereocenters. The molecule has 17 heavy (non-hydrogen) atoms. The molecule has 2 rings (SSSR count). The largest absolute Gasteiger partial charge is 0.378 e. The van der Waals surface area contributed by atoms with Crippen molar-refractivity contribution >= 4 is 5.91 Å². The van der Waals surface area contributed by atoms with Crippen molar-refractivity contribution in [2.75, 3.05) is 19.7 Å². The second kappa shape index (κ2) is 6.36. The van der Waals surface area contributed by atoms with Crippen LogP contribution >= 0.6 is 0 Å². The van der Waals surface area contributed by atoms with E-state index < -0.39 is 0 Å². The SMILES string of the molecule is NCCN(C(=O)CC1CCCO1)C1CCCC1.